The number of rotatable bonds is 4. The molecule has 1 aromatic carbocycles. The maximum atomic E-state index is 13.2. The normalized spacial score (nSPS) is 22.5. The van der Waals surface area contributed by atoms with E-state index in [0.717, 1.165) is 76.4 Å². The molecule has 1 amide bonds. The summed E-state index contributed by atoms with van der Waals surface area (Å²) in [7, 11) is 1.67. The number of piperidine rings is 1. The summed E-state index contributed by atoms with van der Waals surface area (Å²) in [5, 5.41) is 0. The van der Waals surface area contributed by atoms with Crippen LogP contribution in [-0.4, -0.2) is 68.3 Å². The summed E-state index contributed by atoms with van der Waals surface area (Å²) < 4.78 is 11.0. The van der Waals surface area contributed by atoms with Crippen molar-refractivity contribution in [3.8, 4) is 5.75 Å². The average Bonchev–Trinajstić information content (AvgIpc) is 3.20. The van der Waals surface area contributed by atoms with Crippen molar-refractivity contribution in [1.29, 1.82) is 0 Å². The molecular weight excluding hydrogens is 340 g/mol. The number of morpholine rings is 1. The SMILES string of the molecule is COc1cc2c(cc1C(=O)N1CCC([C@@H](C)N3CCOCC3)CC1)CCC2. The van der Waals surface area contributed by atoms with Crippen LogP contribution in [0.2, 0.25) is 0 Å². The highest BCUT2D eigenvalue weighted by Crippen LogP contribution is 2.32. The van der Waals surface area contributed by atoms with Crippen molar-refractivity contribution in [1.82, 2.24) is 9.80 Å². The van der Waals surface area contributed by atoms with E-state index in [2.05, 4.69) is 24.0 Å². The molecule has 5 nitrogen and oxygen atoms in total. The number of methoxy groups -OCH3 is 1. The molecule has 0 N–H and O–H groups in total. The van der Waals surface area contributed by atoms with Gasteiger partial charge in [0, 0.05) is 32.2 Å². The molecular formula is C22H32N2O3. The molecule has 0 aromatic heterocycles. The van der Waals surface area contributed by atoms with Gasteiger partial charge in [-0.25, -0.2) is 0 Å². The maximum Gasteiger partial charge on any atom is 0.257 e. The first-order chi connectivity index (χ1) is 13.2. The number of aryl methyl sites for hydroxylation is 2. The molecule has 2 heterocycles. The van der Waals surface area contributed by atoms with Crippen LogP contribution in [0.5, 0.6) is 5.75 Å². The van der Waals surface area contributed by atoms with Gasteiger partial charge in [0.1, 0.15) is 5.75 Å². The molecule has 5 heteroatoms. The van der Waals surface area contributed by atoms with E-state index < -0.39 is 0 Å². The standard InChI is InChI=1S/C22H32N2O3/c1-16(23-10-12-27-13-11-23)17-6-8-24(9-7-17)22(25)20-14-18-4-3-5-19(18)15-21(20)26-2/h14-17H,3-13H2,1-2H3/t16-/m1/s1. The van der Waals surface area contributed by atoms with Crippen LogP contribution in [0.3, 0.4) is 0 Å². The maximum absolute atomic E-state index is 13.2. The van der Waals surface area contributed by atoms with Crippen LogP contribution < -0.4 is 4.74 Å². The lowest BCUT2D eigenvalue weighted by Crippen LogP contribution is -2.49. The molecule has 2 fully saturated rings. The zero-order valence-corrected chi connectivity index (χ0v) is 16.7. The predicted molar refractivity (Wildman–Crippen MR) is 106 cm³/mol. The van der Waals surface area contributed by atoms with E-state index in [4.69, 9.17) is 9.47 Å². The third-order valence-corrected chi connectivity index (χ3v) is 6.78. The molecule has 3 aliphatic rings. The first-order valence-electron chi connectivity index (χ1n) is 10.5. The Morgan fingerprint density at radius 3 is 2.44 bits per heavy atom. The first-order valence-corrected chi connectivity index (χ1v) is 10.5. The summed E-state index contributed by atoms with van der Waals surface area (Å²) >= 11 is 0. The highest BCUT2D eigenvalue weighted by Gasteiger charge is 2.31. The molecule has 2 aliphatic heterocycles. The third-order valence-electron chi connectivity index (χ3n) is 6.78. The van der Waals surface area contributed by atoms with E-state index in [-0.39, 0.29) is 5.91 Å². The number of ether oxygens (including phenoxy) is 2. The van der Waals surface area contributed by atoms with Crippen LogP contribution in [0.4, 0.5) is 0 Å². The number of carbonyl (C=O) groups is 1. The highest BCUT2D eigenvalue weighted by molar-refractivity contribution is 5.97. The molecule has 1 aliphatic carbocycles. The number of likely N-dealkylation sites (tertiary alicyclic amines) is 1. The summed E-state index contributed by atoms with van der Waals surface area (Å²) in [6.07, 6.45) is 5.53. The quantitative estimate of drug-likeness (QED) is 0.815. The van der Waals surface area contributed by atoms with Crippen molar-refractivity contribution >= 4 is 5.91 Å². The molecule has 1 aromatic rings. The summed E-state index contributed by atoms with van der Waals surface area (Å²) in [5.41, 5.74) is 3.43. The van der Waals surface area contributed by atoms with Crippen LogP contribution in [0, 0.1) is 5.92 Å². The van der Waals surface area contributed by atoms with E-state index in [1.54, 1.807) is 7.11 Å². The number of carbonyl (C=O) groups excluding carboxylic acids is 1. The second kappa shape index (κ2) is 8.19. The topological polar surface area (TPSA) is 42.0 Å². The van der Waals surface area contributed by atoms with Crippen molar-refractivity contribution in [3.63, 3.8) is 0 Å². The smallest absolute Gasteiger partial charge is 0.257 e. The Balaban J connectivity index is 1.40. The number of amides is 1. The largest absolute Gasteiger partial charge is 0.496 e. The van der Waals surface area contributed by atoms with Gasteiger partial charge in [-0.1, -0.05) is 0 Å². The van der Waals surface area contributed by atoms with E-state index in [0.29, 0.717) is 12.0 Å². The van der Waals surface area contributed by atoms with Crippen molar-refractivity contribution in [2.75, 3.05) is 46.5 Å². The van der Waals surface area contributed by atoms with Gasteiger partial charge in [0.05, 0.1) is 25.9 Å². The first kappa shape index (κ1) is 18.8. The van der Waals surface area contributed by atoms with Gasteiger partial charge >= 0.3 is 0 Å². The van der Waals surface area contributed by atoms with E-state index in [9.17, 15) is 4.79 Å². The number of benzene rings is 1. The summed E-state index contributed by atoms with van der Waals surface area (Å²) in [4.78, 5) is 17.8. The van der Waals surface area contributed by atoms with Crippen LogP contribution in [0.25, 0.3) is 0 Å². The zero-order valence-electron chi connectivity index (χ0n) is 16.7. The van der Waals surface area contributed by atoms with Gasteiger partial charge < -0.3 is 14.4 Å². The number of hydrogen-bond acceptors (Lipinski definition) is 4. The Hall–Kier alpha value is -1.59. The minimum Gasteiger partial charge on any atom is -0.496 e. The second-order valence-corrected chi connectivity index (χ2v) is 8.19. The molecule has 1 atom stereocenters. The molecule has 27 heavy (non-hydrogen) atoms. The fourth-order valence-corrected chi connectivity index (χ4v) is 4.98. The molecule has 2 saturated heterocycles. The molecule has 0 spiro atoms. The Kier molecular flexibility index (Phi) is 5.69. The molecule has 0 bridgehead atoms. The van der Waals surface area contributed by atoms with Crippen LogP contribution in [0.15, 0.2) is 12.1 Å². The van der Waals surface area contributed by atoms with Crippen LogP contribution in [-0.2, 0) is 17.6 Å². The van der Waals surface area contributed by atoms with Gasteiger partial charge in [-0.05, 0) is 68.2 Å². The highest BCUT2D eigenvalue weighted by atomic mass is 16.5. The Bertz CT molecular complexity index is 676. The van der Waals surface area contributed by atoms with Crippen molar-refractivity contribution in [3.05, 3.63) is 28.8 Å². The Morgan fingerprint density at radius 1 is 1.11 bits per heavy atom. The van der Waals surface area contributed by atoms with Crippen molar-refractivity contribution < 1.29 is 14.3 Å². The average molecular weight is 373 g/mol. The minimum atomic E-state index is 0.138. The third kappa shape index (κ3) is 3.85. The monoisotopic (exact) mass is 372 g/mol. The number of nitrogens with zero attached hydrogens (tertiary/aromatic N) is 2. The van der Waals surface area contributed by atoms with Crippen LogP contribution >= 0.6 is 0 Å². The van der Waals surface area contributed by atoms with Crippen molar-refractivity contribution in [2.24, 2.45) is 5.92 Å². The summed E-state index contributed by atoms with van der Waals surface area (Å²) in [6.45, 7) is 7.80. The lowest BCUT2D eigenvalue weighted by Gasteiger charge is -2.41. The Labute approximate surface area is 162 Å². The summed E-state index contributed by atoms with van der Waals surface area (Å²) in [6, 6.07) is 4.75. The van der Waals surface area contributed by atoms with Crippen LogP contribution in [0.1, 0.15) is 47.7 Å². The fraction of sp³-hybridized carbons (Fsp3) is 0.682. The fourth-order valence-electron chi connectivity index (χ4n) is 4.98. The van der Waals surface area contributed by atoms with Crippen molar-refractivity contribution in [2.45, 2.75) is 45.1 Å². The lowest BCUT2D eigenvalue weighted by atomic mass is 9.89. The molecule has 148 valence electrons. The van der Waals surface area contributed by atoms with Gasteiger partial charge in [-0.3, -0.25) is 9.69 Å². The van der Waals surface area contributed by atoms with E-state index in [1.165, 1.54) is 17.5 Å². The molecule has 4 rings (SSSR count). The lowest BCUT2D eigenvalue weighted by molar-refractivity contribution is -0.000966. The number of fused-ring (bicyclic) bond motifs is 1. The predicted octanol–water partition coefficient (Wildman–Crippen LogP) is 2.76. The molecule has 0 saturated carbocycles. The Morgan fingerprint density at radius 2 is 1.78 bits per heavy atom. The summed E-state index contributed by atoms with van der Waals surface area (Å²) in [5.74, 6) is 1.54. The molecule has 0 unspecified atom stereocenters. The minimum absolute atomic E-state index is 0.138. The second-order valence-electron chi connectivity index (χ2n) is 8.19. The van der Waals surface area contributed by atoms with E-state index in [1.807, 2.05) is 4.90 Å². The van der Waals surface area contributed by atoms with Gasteiger partial charge in [-0.15, -0.1) is 0 Å². The van der Waals surface area contributed by atoms with Gasteiger partial charge in [0.15, 0.2) is 0 Å². The van der Waals surface area contributed by atoms with Gasteiger partial charge in [0.2, 0.25) is 0 Å². The molecule has 0 radical (unpaired) electrons. The van der Waals surface area contributed by atoms with Gasteiger partial charge in [0.25, 0.3) is 5.91 Å². The zero-order chi connectivity index (χ0) is 18.8. The van der Waals surface area contributed by atoms with E-state index >= 15 is 0 Å². The van der Waals surface area contributed by atoms with Gasteiger partial charge in [-0.2, -0.15) is 0 Å². The number of hydrogen-bond donors (Lipinski definition) is 0.